The minimum atomic E-state index is 0.166. The van der Waals surface area contributed by atoms with Crippen molar-refractivity contribution >= 4 is 17.2 Å². The molecule has 0 spiro atoms. The zero-order valence-corrected chi connectivity index (χ0v) is 27.4. The Morgan fingerprint density at radius 1 is 0.526 bits per heavy atom. The summed E-state index contributed by atoms with van der Waals surface area (Å²) >= 11 is 0. The Balaban J connectivity index is 2.11. The third-order valence-corrected chi connectivity index (χ3v) is 10.2. The van der Waals surface area contributed by atoms with Gasteiger partial charge in [0, 0.05) is 0 Å². The number of hydrogen-bond donors (Lipinski definition) is 0. The van der Waals surface area contributed by atoms with Crippen LogP contribution < -0.4 is 0 Å². The SMILES string of the molecule is CCCCPCc1cc(-c2ccc(C(C)(C)C)cc2)c(-c2ccc(C(C)(C)C)cc2)cc1CPCCCC. The molecule has 2 heteroatoms. The Bertz CT molecular complexity index is 1030. The van der Waals surface area contributed by atoms with Crippen molar-refractivity contribution in [3.8, 4) is 22.3 Å². The molecule has 0 saturated heterocycles. The van der Waals surface area contributed by atoms with Gasteiger partial charge in [-0.2, -0.15) is 0 Å². The average molecular weight is 547 g/mol. The van der Waals surface area contributed by atoms with Crippen molar-refractivity contribution in [3.05, 3.63) is 82.9 Å². The molecule has 0 fully saturated rings. The Labute approximate surface area is 238 Å². The molecule has 2 unspecified atom stereocenters. The van der Waals surface area contributed by atoms with Gasteiger partial charge in [-0.1, -0.05) is 117 Å². The fourth-order valence-corrected chi connectivity index (χ4v) is 7.60. The van der Waals surface area contributed by atoms with Gasteiger partial charge in [0.15, 0.2) is 0 Å². The predicted octanol–water partition coefficient (Wildman–Crippen LogP) is 11.6. The van der Waals surface area contributed by atoms with E-state index in [9.17, 15) is 0 Å². The van der Waals surface area contributed by atoms with Gasteiger partial charge >= 0.3 is 0 Å². The van der Waals surface area contributed by atoms with Gasteiger partial charge in [-0.15, -0.1) is 17.2 Å². The molecule has 0 aliphatic rings. The average Bonchev–Trinajstić information content (AvgIpc) is 2.88. The van der Waals surface area contributed by atoms with Gasteiger partial charge in [-0.05, 0) is 105 Å². The van der Waals surface area contributed by atoms with E-state index < -0.39 is 0 Å². The van der Waals surface area contributed by atoms with Crippen molar-refractivity contribution in [2.45, 2.75) is 104 Å². The van der Waals surface area contributed by atoms with E-state index in [4.69, 9.17) is 0 Å². The van der Waals surface area contributed by atoms with Crippen LogP contribution in [0.2, 0.25) is 0 Å². The molecule has 2 atom stereocenters. The molecule has 0 saturated carbocycles. The van der Waals surface area contributed by atoms with E-state index in [1.54, 1.807) is 11.1 Å². The molecule has 0 aromatic heterocycles. The van der Waals surface area contributed by atoms with Crippen LogP contribution in [0.15, 0.2) is 60.7 Å². The molecule has 0 heterocycles. The third kappa shape index (κ3) is 8.77. The maximum Gasteiger partial charge on any atom is -0.00975 e. The van der Waals surface area contributed by atoms with Crippen molar-refractivity contribution in [1.82, 2.24) is 0 Å². The first-order chi connectivity index (χ1) is 18.0. The monoisotopic (exact) mass is 546 g/mol. The van der Waals surface area contributed by atoms with Crippen LogP contribution in [0.5, 0.6) is 0 Å². The largest absolute Gasteiger partial charge is 0.118 e. The first kappa shape index (κ1) is 31.1. The lowest BCUT2D eigenvalue weighted by molar-refractivity contribution is 0.590. The van der Waals surface area contributed by atoms with Crippen LogP contribution >= 0.6 is 17.2 Å². The van der Waals surface area contributed by atoms with Gasteiger partial charge in [0.2, 0.25) is 0 Å². The molecular weight excluding hydrogens is 494 g/mol. The second-order valence-electron chi connectivity index (χ2n) is 12.9. The summed E-state index contributed by atoms with van der Waals surface area (Å²) in [7, 11) is 2.04. The second kappa shape index (κ2) is 14.2. The molecule has 38 heavy (non-hydrogen) atoms. The lowest BCUT2D eigenvalue weighted by atomic mass is 9.84. The molecule has 3 aromatic carbocycles. The topological polar surface area (TPSA) is 0 Å². The van der Waals surface area contributed by atoms with E-state index in [0.717, 1.165) is 17.2 Å². The fourth-order valence-electron chi connectivity index (χ4n) is 4.85. The van der Waals surface area contributed by atoms with Crippen molar-refractivity contribution < 1.29 is 0 Å². The van der Waals surface area contributed by atoms with Crippen LogP contribution in [0.1, 0.15) is 103 Å². The molecular formula is C36H52P2. The summed E-state index contributed by atoms with van der Waals surface area (Å²) in [6.45, 7) is 18.4. The highest BCUT2D eigenvalue weighted by Gasteiger charge is 2.18. The van der Waals surface area contributed by atoms with Gasteiger partial charge in [0.1, 0.15) is 0 Å². The summed E-state index contributed by atoms with van der Waals surface area (Å²) in [5.74, 6) is 0. The van der Waals surface area contributed by atoms with Gasteiger partial charge in [-0.3, -0.25) is 0 Å². The molecule has 0 nitrogen and oxygen atoms in total. The van der Waals surface area contributed by atoms with Crippen LogP contribution in [0.3, 0.4) is 0 Å². The standard InChI is InChI=1S/C36H52P2/c1-9-11-21-37-25-29-23-33(27-13-17-31(18-14-27)35(3,4)5)34(24-30(29)26-38-22-12-10-2)28-15-19-32(20-16-28)36(6,7)8/h13-20,23-24,37-38H,9-12,21-22,25-26H2,1-8H3. The zero-order chi connectivity index (χ0) is 27.8. The minimum absolute atomic E-state index is 0.166. The summed E-state index contributed by atoms with van der Waals surface area (Å²) in [5, 5.41) is 0. The normalized spacial score (nSPS) is 12.8. The second-order valence-corrected chi connectivity index (χ2v) is 15.6. The number of rotatable bonds is 12. The predicted molar refractivity (Wildman–Crippen MR) is 178 cm³/mol. The quantitative estimate of drug-likeness (QED) is 0.157. The van der Waals surface area contributed by atoms with E-state index in [1.165, 1.54) is 83.7 Å². The highest BCUT2D eigenvalue weighted by atomic mass is 31.1. The smallest absolute Gasteiger partial charge is 0.00975 e. The zero-order valence-electron chi connectivity index (χ0n) is 25.4. The maximum atomic E-state index is 2.57. The summed E-state index contributed by atoms with van der Waals surface area (Å²) in [5.41, 5.74) is 11.8. The van der Waals surface area contributed by atoms with Crippen LogP contribution in [0.4, 0.5) is 0 Å². The number of hydrogen-bond acceptors (Lipinski definition) is 0. The van der Waals surface area contributed by atoms with Crippen molar-refractivity contribution in [2.75, 3.05) is 12.3 Å². The Morgan fingerprint density at radius 3 is 1.16 bits per heavy atom. The van der Waals surface area contributed by atoms with E-state index in [-0.39, 0.29) is 10.8 Å². The van der Waals surface area contributed by atoms with Gasteiger partial charge in [0.25, 0.3) is 0 Å². The Kier molecular flexibility index (Phi) is 11.6. The van der Waals surface area contributed by atoms with Crippen molar-refractivity contribution in [1.29, 1.82) is 0 Å². The molecule has 0 bridgehead atoms. The van der Waals surface area contributed by atoms with Gasteiger partial charge in [0.05, 0.1) is 0 Å². The maximum absolute atomic E-state index is 2.57. The molecule has 0 radical (unpaired) electrons. The molecule has 3 rings (SSSR count). The molecule has 3 aromatic rings. The lowest BCUT2D eigenvalue weighted by Crippen LogP contribution is -2.10. The molecule has 0 aliphatic heterocycles. The molecule has 0 amide bonds. The Morgan fingerprint density at radius 2 is 0.868 bits per heavy atom. The van der Waals surface area contributed by atoms with Crippen LogP contribution in [-0.2, 0) is 23.2 Å². The molecule has 206 valence electrons. The summed E-state index contributed by atoms with van der Waals surface area (Å²) < 4.78 is 0. The molecule has 0 N–H and O–H groups in total. The first-order valence-corrected chi connectivity index (χ1v) is 17.7. The van der Waals surface area contributed by atoms with Crippen molar-refractivity contribution in [3.63, 3.8) is 0 Å². The van der Waals surface area contributed by atoms with Crippen molar-refractivity contribution in [2.24, 2.45) is 0 Å². The highest BCUT2D eigenvalue weighted by molar-refractivity contribution is 7.37. The van der Waals surface area contributed by atoms with Gasteiger partial charge in [-0.25, -0.2) is 0 Å². The first-order valence-electron chi connectivity index (χ1n) is 14.8. The molecule has 0 aliphatic carbocycles. The highest BCUT2D eigenvalue weighted by Crippen LogP contribution is 2.40. The fraction of sp³-hybridized carbons (Fsp3) is 0.500. The van der Waals surface area contributed by atoms with Crippen LogP contribution in [0, 0.1) is 0 Å². The van der Waals surface area contributed by atoms with Crippen LogP contribution in [0.25, 0.3) is 22.3 Å². The summed E-state index contributed by atoms with van der Waals surface area (Å²) in [6.07, 6.45) is 10.5. The van der Waals surface area contributed by atoms with E-state index in [1.807, 2.05) is 0 Å². The minimum Gasteiger partial charge on any atom is -0.118 e. The van der Waals surface area contributed by atoms with E-state index in [0.29, 0.717) is 0 Å². The summed E-state index contributed by atoms with van der Waals surface area (Å²) in [6, 6.07) is 23.9. The summed E-state index contributed by atoms with van der Waals surface area (Å²) in [4.78, 5) is 0. The van der Waals surface area contributed by atoms with E-state index in [2.05, 4.69) is 116 Å². The number of unbranched alkanes of at least 4 members (excludes halogenated alkanes) is 2. The van der Waals surface area contributed by atoms with E-state index >= 15 is 0 Å². The lowest BCUT2D eigenvalue weighted by Gasteiger charge is -2.22. The number of benzene rings is 3. The van der Waals surface area contributed by atoms with Crippen LogP contribution in [-0.4, -0.2) is 12.3 Å². The Hall–Kier alpha value is -1.48. The van der Waals surface area contributed by atoms with Gasteiger partial charge < -0.3 is 0 Å². The third-order valence-electron chi connectivity index (χ3n) is 7.51.